The van der Waals surface area contributed by atoms with E-state index in [9.17, 15) is 29.1 Å². The molecular weight excluding hydrogens is 462 g/mol. The summed E-state index contributed by atoms with van der Waals surface area (Å²) in [6.45, 7) is 6.36. The van der Waals surface area contributed by atoms with Crippen molar-refractivity contribution in [1.29, 1.82) is 0 Å². The van der Waals surface area contributed by atoms with Crippen molar-refractivity contribution in [2.75, 3.05) is 0 Å². The Morgan fingerprint density at radius 3 is 2.44 bits per heavy atom. The molecule has 4 aliphatic carbocycles. The molecule has 1 N–H and O–H groups in total. The molecular formula is C28H39NO7. The number of rotatable bonds is 5. The number of aliphatic hydroxyl groups excluding tert-OH is 1. The average molecular weight is 502 g/mol. The Bertz CT molecular complexity index is 976. The van der Waals surface area contributed by atoms with Crippen LogP contribution in [0.3, 0.4) is 0 Å². The van der Waals surface area contributed by atoms with E-state index in [4.69, 9.17) is 4.84 Å². The first-order valence-electron chi connectivity index (χ1n) is 13.8. The van der Waals surface area contributed by atoms with Crippen LogP contribution in [0.4, 0.5) is 0 Å². The molecule has 198 valence electrons. The fourth-order valence-corrected chi connectivity index (χ4v) is 8.93. The molecule has 4 saturated carbocycles. The lowest BCUT2D eigenvalue weighted by molar-refractivity contribution is -0.197. The summed E-state index contributed by atoms with van der Waals surface area (Å²) in [6, 6.07) is 0. The topological polar surface area (TPSA) is 118 Å². The largest absolute Gasteiger partial charge is 0.393 e. The van der Waals surface area contributed by atoms with E-state index in [0.717, 1.165) is 25.7 Å². The van der Waals surface area contributed by atoms with Crippen molar-refractivity contribution < 1.29 is 33.9 Å². The molecule has 0 aromatic heterocycles. The van der Waals surface area contributed by atoms with E-state index in [2.05, 4.69) is 20.8 Å². The van der Waals surface area contributed by atoms with Crippen LogP contribution >= 0.6 is 0 Å². The quantitative estimate of drug-likeness (QED) is 0.574. The van der Waals surface area contributed by atoms with Gasteiger partial charge in [0.2, 0.25) is 0 Å². The maximum atomic E-state index is 13.9. The van der Waals surface area contributed by atoms with Crippen LogP contribution in [0.5, 0.6) is 0 Å². The van der Waals surface area contributed by atoms with Crippen molar-refractivity contribution in [1.82, 2.24) is 5.06 Å². The van der Waals surface area contributed by atoms with E-state index in [1.165, 1.54) is 0 Å². The number of amides is 2. The Kier molecular flexibility index (Phi) is 6.41. The summed E-state index contributed by atoms with van der Waals surface area (Å²) in [4.78, 5) is 68.2. The zero-order valence-corrected chi connectivity index (χ0v) is 21.7. The van der Waals surface area contributed by atoms with Gasteiger partial charge in [0.05, 0.1) is 6.10 Å². The Morgan fingerprint density at radius 1 is 1.06 bits per heavy atom. The van der Waals surface area contributed by atoms with Crippen LogP contribution in [0.25, 0.3) is 0 Å². The number of hydrogen-bond acceptors (Lipinski definition) is 7. The van der Waals surface area contributed by atoms with E-state index in [1.54, 1.807) is 0 Å². The van der Waals surface area contributed by atoms with Gasteiger partial charge >= 0.3 is 5.97 Å². The molecule has 8 heteroatoms. The molecule has 1 aliphatic heterocycles. The predicted molar refractivity (Wildman–Crippen MR) is 128 cm³/mol. The number of fused-ring (bicyclic) bond motifs is 5. The molecule has 5 aliphatic rings. The Labute approximate surface area is 212 Å². The van der Waals surface area contributed by atoms with Gasteiger partial charge in [0.25, 0.3) is 11.8 Å². The highest BCUT2D eigenvalue weighted by atomic mass is 16.7. The van der Waals surface area contributed by atoms with Crippen LogP contribution in [0.1, 0.15) is 91.4 Å². The lowest BCUT2D eigenvalue weighted by Crippen LogP contribution is -2.60. The normalized spacial score (nSPS) is 43.2. The third kappa shape index (κ3) is 3.86. The monoisotopic (exact) mass is 501 g/mol. The van der Waals surface area contributed by atoms with Crippen molar-refractivity contribution in [3.05, 3.63) is 0 Å². The van der Waals surface area contributed by atoms with Gasteiger partial charge in [-0.15, -0.1) is 5.06 Å². The Balaban J connectivity index is 1.28. The van der Waals surface area contributed by atoms with Crippen molar-refractivity contribution in [2.24, 2.45) is 46.3 Å². The van der Waals surface area contributed by atoms with Gasteiger partial charge in [-0.2, -0.15) is 0 Å². The molecule has 8 nitrogen and oxygen atoms in total. The van der Waals surface area contributed by atoms with Gasteiger partial charge in [-0.25, -0.2) is 4.79 Å². The molecule has 9 atom stereocenters. The number of aliphatic hydroxyl groups is 1. The molecule has 5 fully saturated rings. The summed E-state index contributed by atoms with van der Waals surface area (Å²) in [5.41, 5.74) is -0.662. The van der Waals surface area contributed by atoms with Gasteiger partial charge in [-0.3, -0.25) is 19.2 Å². The van der Waals surface area contributed by atoms with E-state index < -0.39 is 23.2 Å². The summed E-state index contributed by atoms with van der Waals surface area (Å²) in [6.07, 6.45) is 5.24. The van der Waals surface area contributed by atoms with E-state index in [-0.39, 0.29) is 77.9 Å². The van der Waals surface area contributed by atoms with Gasteiger partial charge in [0.15, 0.2) is 0 Å². The Morgan fingerprint density at radius 2 is 1.75 bits per heavy atom. The van der Waals surface area contributed by atoms with Crippen LogP contribution in [0.15, 0.2) is 0 Å². The van der Waals surface area contributed by atoms with E-state index >= 15 is 0 Å². The molecule has 1 saturated heterocycles. The average Bonchev–Trinajstić information content (AvgIpc) is 3.34. The summed E-state index contributed by atoms with van der Waals surface area (Å²) in [5, 5.41) is 10.8. The molecule has 5 rings (SSSR count). The number of nitrogens with zero attached hydrogens (tertiary/aromatic N) is 1. The SMILES string of the molecule is C[C@H](CCC(=O)ON1C(=O)CCC1=O)[C@H]1CC[C@H]2[C@@H]3C(=O)C[C@@H]4C[C@H](O)CC[C@]4(C)[C@H]3CC(=O)[C@]12C. The lowest BCUT2D eigenvalue weighted by Gasteiger charge is -2.59. The van der Waals surface area contributed by atoms with Gasteiger partial charge in [0.1, 0.15) is 11.6 Å². The summed E-state index contributed by atoms with van der Waals surface area (Å²) >= 11 is 0. The minimum Gasteiger partial charge on any atom is -0.393 e. The number of carbonyl (C=O) groups is 5. The Hall–Kier alpha value is -2.09. The van der Waals surface area contributed by atoms with Gasteiger partial charge in [0, 0.05) is 43.4 Å². The molecule has 0 aromatic carbocycles. The number of hydroxylamine groups is 2. The molecule has 36 heavy (non-hydrogen) atoms. The third-order valence-corrected chi connectivity index (χ3v) is 11.1. The van der Waals surface area contributed by atoms with Crippen LogP contribution in [0, 0.1) is 46.3 Å². The molecule has 2 amide bonds. The predicted octanol–water partition coefficient (Wildman–Crippen LogP) is 3.39. The third-order valence-electron chi connectivity index (χ3n) is 11.1. The van der Waals surface area contributed by atoms with Crippen LogP contribution in [0.2, 0.25) is 0 Å². The highest BCUT2D eigenvalue weighted by molar-refractivity contribution is 6.01. The number of imide groups is 1. The zero-order valence-electron chi connectivity index (χ0n) is 21.7. The first kappa shape index (κ1) is 25.6. The number of carbonyl (C=O) groups excluding carboxylic acids is 5. The highest BCUT2D eigenvalue weighted by Gasteiger charge is 2.66. The molecule has 0 unspecified atom stereocenters. The van der Waals surface area contributed by atoms with E-state index in [1.807, 2.05) is 0 Å². The van der Waals surface area contributed by atoms with Crippen molar-refractivity contribution in [2.45, 2.75) is 97.5 Å². The summed E-state index contributed by atoms with van der Waals surface area (Å²) < 4.78 is 0. The standard InChI is InChI=1S/C28H39NO7/c1-15(4-9-25(35)36-29-23(33)7-8-24(29)34)18-5-6-19-26-20(14-22(32)28(18,19)3)27(2)11-10-17(30)12-16(27)13-21(26)31/h15-20,26,30H,4-14H2,1-3H3/t15-,16+,17-,18-,19+,20+,26+,27+,28-/m1/s1. The molecule has 0 spiro atoms. The zero-order chi connectivity index (χ0) is 26.0. The van der Waals surface area contributed by atoms with Crippen molar-refractivity contribution >= 4 is 29.4 Å². The molecule has 0 radical (unpaired) electrons. The fourth-order valence-electron chi connectivity index (χ4n) is 8.93. The smallest absolute Gasteiger partial charge is 0.333 e. The maximum Gasteiger partial charge on any atom is 0.333 e. The molecule has 0 bridgehead atoms. The van der Waals surface area contributed by atoms with Gasteiger partial charge < -0.3 is 9.94 Å². The second-order valence-corrected chi connectivity index (χ2v) is 12.7. The first-order chi connectivity index (χ1) is 17.0. The highest BCUT2D eigenvalue weighted by Crippen LogP contribution is 2.66. The second-order valence-electron chi connectivity index (χ2n) is 12.7. The fraction of sp³-hybridized carbons (Fsp3) is 0.821. The lowest BCUT2D eigenvalue weighted by atomic mass is 9.43. The number of hydrogen-bond donors (Lipinski definition) is 1. The number of ketones is 2. The van der Waals surface area contributed by atoms with Crippen LogP contribution in [-0.2, 0) is 28.8 Å². The maximum absolute atomic E-state index is 13.9. The van der Waals surface area contributed by atoms with Crippen LogP contribution in [-0.4, -0.2) is 45.6 Å². The van der Waals surface area contributed by atoms with Gasteiger partial charge in [-0.05, 0) is 73.5 Å². The van der Waals surface area contributed by atoms with Gasteiger partial charge in [-0.1, -0.05) is 20.8 Å². The molecule has 1 heterocycles. The van der Waals surface area contributed by atoms with Crippen molar-refractivity contribution in [3.8, 4) is 0 Å². The second kappa shape index (κ2) is 9.03. The van der Waals surface area contributed by atoms with Crippen LogP contribution < -0.4 is 0 Å². The minimum atomic E-state index is -0.610. The van der Waals surface area contributed by atoms with E-state index in [0.29, 0.717) is 30.7 Å². The first-order valence-corrected chi connectivity index (χ1v) is 13.8. The van der Waals surface area contributed by atoms with Crippen molar-refractivity contribution in [3.63, 3.8) is 0 Å². The number of Topliss-reactive ketones (excluding diaryl/α,β-unsaturated/α-hetero) is 2. The summed E-state index contributed by atoms with van der Waals surface area (Å²) in [7, 11) is 0. The molecule has 0 aromatic rings. The summed E-state index contributed by atoms with van der Waals surface area (Å²) in [5.74, 6) is -0.789. The minimum absolute atomic E-state index is 0.0279.